The molecule has 0 radical (unpaired) electrons. The number of pyridine rings is 1. The molecule has 0 spiro atoms. The van der Waals surface area contributed by atoms with Crippen LogP contribution < -0.4 is 10.2 Å². The largest absolute Gasteiger partial charge is 0.371 e. The SMILES string of the molecule is CN(C[C@@H]1Cc2c(cccc2N2CCC(F)(F)CC2)CN1)[C@H]1CCCc2cccnc21. The van der Waals surface area contributed by atoms with E-state index in [9.17, 15) is 8.78 Å². The van der Waals surface area contributed by atoms with Gasteiger partial charge >= 0.3 is 0 Å². The number of hydrogen-bond donors (Lipinski definition) is 1. The lowest BCUT2D eigenvalue weighted by Gasteiger charge is -2.39. The molecule has 2 aromatic rings. The highest BCUT2D eigenvalue weighted by Crippen LogP contribution is 2.36. The van der Waals surface area contributed by atoms with Crippen LogP contribution in [0.5, 0.6) is 0 Å². The van der Waals surface area contributed by atoms with Crippen molar-refractivity contribution < 1.29 is 8.78 Å². The number of likely N-dealkylation sites (N-methyl/N-ethyl adjacent to an activating group) is 1. The molecule has 1 aliphatic carbocycles. The van der Waals surface area contributed by atoms with Crippen molar-refractivity contribution in [1.29, 1.82) is 0 Å². The molecule has 2 aliphatic heterocycles. The fourth-order valence-corrected chi connectivity index (χ4v) is 5.58. The number of fused-ring (bicyclic) bond motifs is 2. The van der Waals surface area contributed by atoms with Crippen LogP contribution in [0.25, 0.3) is 0 Å². The van der Waals surface area contributed by atoms with Crippen molar-refractivity contribution >= 4 is 5.69 Å². The molecule has 1 aromatic carbocycles. The Kier molecular flexibility index (Phi) is 5.69. The molecule has 0 unspecified atom stereocenters. The van der Waals surface area contributed by atoms with E-state index >= 15 is 0 Å². The summed E-state index contributed by atoms with van der Waals surface area (Å²) in [5.74, 6) is -2.51. The van der Waals surface area contributed by atoms with E-state index in [4.69, 9.17) is 4.98 Å². The van der Waals surface area contributed by atoms with Gasteiger partial charge in [0.05, 0.1) is 11.7 Å². The minimum Gasteiger partial charge on any atom is -0.371 e. The number of aromatic nitrogens is 1. The van der Waals surface area contributed by atoms with Crippen LogP contribution in [0.2, 0.25) is 0 Å². The van der Waals surface area contributed by atoms with E-state index in [1.165, 1.54) is 28.8 Å². The van der Waals surface area contributed by atoms with Crippen molar-refractivity contribution in [1.82, 2.24) is 15.2 Å². The smallest absolute Gasteiger partial charge is 0.251 e. The summed E-state index contributed by atoms with van der Waals surface area (Å²) < 4.78 is 27.3. The van der Waals surface area contributed by atoms with E-state index in [0.717, 1.165) is 38.0 Å². The third-order valence-electron chi connectivity index (χ3n) is 7.32. The number of hydrogen-bond acceptors (Lipinski definition) is 4. The van der Waals surface area contributed by atoms with Crippen LogP contribution in [-0.2, 0) is 19.4 Å². The summed E-state index contributed by atoms with van der Waals surface area (Å²) >= 11 is 0. The lowest BCUT2D eigenvalue weighted by molar-refractivity contribution is -0.0220. The van der Waals surface area contributed by atoms with Gasteiger partial charge in [-0.15, -0.1) is 0 Å². The maximum atomic E-state index is 13.7. The third kappa shape index (κ3) is 4.33. The van der Waals surface area contributed by atoms with E-state index in [-0.39, 0.29) is 12.8 Å². The van der Waals surface area contributed by atoms with Crippen LogP contribution in [0.3, 0.4) is 0 Å². The fraction of sp³-hybridized carbons (Fsp3) is 0.560. The number of anilines is 1. The molecule has 2 atom stereocenters. The van der Waals surface area contributed by atoms with Crippen LogP contribution in [0, 0.1) is 0 Å². The van der Waals surface area contributed by atoms with Gasteiger partial charge in [0, 0.05) is 56.9 Å². The standard InChI is InChI=1S/C25H32F2N4/c1-30(23-9-2-5-18-7-4-12-28-24(18)23)17-20-15-21-19(16-29-20)6-3-8-22(21)31-13-10-25(26,27)11-14-31/h3-4,6-8,12,20,23,29H,2,5,9-11,13-17H2,1H3/t20-,23-/m0/s1. The molecule has 4 nitrogen and oxygen atoms in total. The Bertz CT molecular complexity index is 921. The van der Waals surface area contributed by atoms with Crippen LogP contribution in [0.15, 0.2) is 36.5 Å². The topological polar surface area (TPSA) is 31.4 Å². The van der Waals surface area contributed by atoms with E-state index < -0.39 is 5.92 Å². The third-order valence-corrected chi connectivity index (χ3v) is 7.32. The molecule has 3 aliphatic rings. The average Bonchev–Trinajstić information content (AvgIpc) is 2.78. The van der Waals surface area contributed by atoms with E-state index in [0.29, 0.717) is 25.2 Å². The van der Waals surface area contributed by atoms with Gasteiger partial charge in [0.1, 0.15) is 0 Å². The summed E-state index contributed by atoms with van der Waals surface area (Å²) in [6.45, 7) is 2.66. The minimum atomic E-state index is -2.51. The summed E-state index contributed by atoms with van der Waals surface area (Å²) in [6.07, 6.45) is 6.24. The number of nitrogens with one attached hydrogen (secondary N) is 1. The first-order valence-corrected chi connectivity index (χ1v) is 11.6. The number of alkyl halides is 2. The lowest BCUT2D eigenvalue weighted by Crippen LogP contribution is -2.46. The summed E-state index contributed by atoms with van der Waals surface area (Å²) in [4.78, 5) is 9.33. The van der Waals surface area contributed by atoms with Gasteiger partial charge in [-0.25, -0.2) is 8.78 Å². The van der Waals surface area contributed by atoms with Gasteiger partial charge in [-0.05, 0) is 61.6 Å². The van der Waals surface area contributed by atoms with Gasteiger partial charge < -0.3 is 10.2 Å². The Morgan fingerprint density at radius 2 is 1.97 bits per heavy atom. The zero-order chi connectivity index (χ0) is 21.4. The van der Waals surface area contributed by atoms with Crippen molar-refractivity contribution in [2.45, 2.75) is 63.1 Å². The Morgan fingerprint density at radius 3 is 2.81 bits per heavy atom. The molecule has 5 rings (SSSR count). The second-order valence-electron chi connectivity index (χ2n) is 9.44. The molecule has 0 saturated carbocycles. The quantitative estimate of drug-likeness (QED) is 0.788. The predicted octanol–water partition coefficient (Wildman–Crippen LogP) is 4.34. The minimum absolute atomic E-state index is 0.0465. The highest BCUT2D eigenvalue weighted by molar-refractivity contribution is 5.58. The predicted molar refractivity (Wildman–Crippen MR) is 120 cm³/mol. The molecule has 0 amide bonds. The van der Waals surface area contributed by atoms with Crippen molar-refractivity contribution in [3.8, 4) is 0 Å². The lowest BCUT2D eigenvalue weighted by atomic mass is 9.89. The molecule has 1 N–H and O–H groups in total. The summed E-state index contributed by atoms with van der Waals surface area (Å²) in [5, 5.41) is 3.71. The second-order valence-corrected chi connectivity index (χ2v) is 9.44. The summed E-state index contributed by atoms with van der Waals surface area (Å²) in [5.41, 5.74) is 6.43. The Hall–Kier alpha value is -2.05. The van der Waals surface area contributed by atoms with Gasteiger partial charge in [0.15, 0.2) is 0 Å². The Labute approximate surface area is 183 Å². The van der Waals surface area contributed by atoms with Crippen molar-refractivity contribution in [2.75, 3.05) is 31.6 Å². The highest BCUT2D eigenvalue weighted by Gasteiger charge is 2.35. The molecule has 0 bridgehead atoms. The number of aryl methyl sites for hydroxylation is 1. The first-order valence-electron chi connectivity index (χ1n) is 11.6. The van der Waals surface area contributed by atoms with Crippen molar-refractivity contribution in [3.05, 3.63) is 58.9 Å². The molecule has 6 heteroatoms. The number of rotatable bonds is 4. The average molecular weight is 427 g/mol. The molecular weight excluding hydrogens is 394 g/mol. The van der Waals surface area contributed by atoms with Gasteiger partial charge in [-0.1, -0.05) is 18.2 Å². The monoisotopic (exact) mass is 426 g/mol. The first-order chi connectivity index (χ1) is 15.0. The number of nitrogens with zero attached hydrogens (tertiary/aromatic N) is 3. The Balaban J connectivity index is 1.30. The maximum Gasteiger partial charge on any atom is 0.251 e. The fourth-order valence-electron chi connectivity index (χ4n) is 5.58. The molecule has 31 heavy (non-hydrogen) atoms. The van der Waals surface area contributed by atoms with E-state index in [1.807, 2.05) is 12.3 Å². The van der Waals surface area contributed by atoms with Crippen molar-refractivity contribution in [2.24, 2.45) is 0 Å². The van der Waals surface area contributed by atoms with Crippen molar-refractivity contribution in [3.63, 3.8) is 0 Å². The van der Waals surface area contributed by atoms with Crippen LogP contribution >= 0.6 is 0 Å². The zero-order valence-electron chi connectivity index (χ0n) is 18.3. The normalized spacial score (nSPS) is 25.2. The van der Waals surface area contributed by atoms with Crippen LogP contribution in [-0.4, -0.2) is 48.5 Å². The van der Waals surface area contributed by atoms with E-state index in [1.54, 1.807) is 0 Å². The number of halogens is 2. The molecule has 1 saturated heterocycles. The molecule has 3 heterocycles. The van der Waals surface area contributed by atoms with Crippen LogP contribution in [0.1, 0.15) is 54.1 Å². The molecule has 1 fully saturated rings. The first kappa shape index (κ1) is 20.8. The maximum absolute atomic E-state index is 13.7. The zero-order valence-corrected chi connectivity index (χ0v) is 18.3. The summed E-state index contributed by atoms with van der Waals surface area (Å²) in [6, 6.07) is 11.3. The molecule has 1 aromatic heterocycles. The van der Waals surface area contributed by atoms with Gasteiger partial charge in [0.2, 0.25) is 0 Å². The van der Waals surface area contributed by atoms with Crippen LogP contribution in [0.4, 0.5) is 14.5 Å². The molecule has 166 valence electrons. The Morgan fingerprint density at radius 1 is 1.16 bits per heavy atom. The number of piperidine rings is 1. The van der Waals surface area contributed by atoms with Gasteiger partial charge in [0.25, 0.3) is 5.92 Å². The van der Waals surface area contributed by atoms with E-state index in [2.05, 4.69) is 46.4 Å². The highest BCUT2D eigenvalue weighted by atomic mass is 19.3. The summed E-state index contributed by atoms with van der Waals surface area (Å²) in [7, 11) is 2.21. The van der Waals surface area contributed by atoms with Gasteiger partial charge in [-0.3, -0.25) is 9.88 Å². The second kappa shape index (κ2) is 8.47. The molecular formula is C25H32F2N4. The number of benzene rings is 1. The van der Waals surface area contributed by atoms with Gasteiger partial charge in [-0.2, -0.15) is 0 Å².